The second-order valence-electron chi connectivity index (χ2n) is 6.03. The van der Waals surface area contributed by atoms with Gasteiger partial charge in [-0.25, -0.2) is 0 Å². The number of ether oxygens (including phenoxy) is 2. The molecule has 1 aliphatic heterocycles. The molecule has 1 heterocycles. The number of hydrogen-bond donors (Lipinski definition) is 2. The standard InChI is InChI=1S/C19H22N2O3/c1-13-7-8-17(18(10-13)24-12-16-6-3-9-23-16)21-19(22)14-4-2-5-15(20)11-14/h2,4-5,7-8,10-11,16H,3,6,9,12,20H2,1H3,(H,21,22). The first kappa shape index (κ1) is 16.3. The lowest BCUT2D eigenvalue weighted by Gasteiger charge is -2.16. The van der Waals surface area contributed by atoms with Crippen LogP contribution in [0.5, 0.6) is 5.75 Å². The molecule has 3 rings (SSSR count). The molecule has 0 radical (unpaired) electrons. The van der Waals surface area contributed by atoms with Crippen LogP contribution in [0.4, 0.5) is 11.4 Å². The van der Waals surface area contributed by atoms with Gasteiger partial charge in [-0.1, -0.05) is 12.1 Å². The van der Waals surface area contributed by atoms with Crippen LogP contribution in [0, 0.1) is 6.92 Å². The van der Waals surface area contributed by atoms with Gasteiger partial charge in [0.05, 0.1) is 11.8 Å². The molecule has 1 saturated heterocycles. The molecular weight excluding hydrogens is 304 g/mol. The van der Waals surface area contributed by atoms with Gasteiger partial charge in [-0.2, -0.15) is 0 Å². The summed E-state index contributed by atoms with van der Waals surface area (Å²) in [6.07, 6.45) is 2.21. The van der Waals surface area contributed by atoms with Gasteiger partial charge in [0.2, 0.25) is 0 Å². The van der Waals surface area contributed by atoms with Crippen LogP contribution in [0.25, 0.3) is 0 Å². The van der Waals surface area contributed by atoms with Gasteiger partial charge in [0, 0.05) is 17.9 Å². The Morgan fingerprint density at radius 3 is 2.96 bits per heavy atom. The summed E-state index contributed by atoms with van der Waals surface area (Å²) >= 11 is 0. The average molecular weight is 326 g/mol. The number of amides is 1. The van der Waals surface area contributed by atoms with Crippen molar-refractivity contribution in [1.29, 1.82) is 0 Å². The monoisotopic (exact) mass is 326 g/mol. The van der Waals surface area contributed by atoms with E-state index in [-0.39, 0.29) is 12.0 Å². The van der Waals surface area contributed by atoms with Crippen molar-refractivity contribution < 1.29 is 14.3 Å². The van der Waals surface area contributed by atoms with Crippen molar-refractivity contribution in [2.24, 2.45) is 0 Å². The molecule has 0 saturated carbocycles. The van der Waals surface area contributed by atoms with Crippen molar-refractivity contribution in [3.63, 3.8) is 0 Å². The van der Waals surface area contributed by atoms with E-state index in [1.165, 1.54) is 0 Å². The molecule has 3 N–H and O–H groups in total. The normalized spacial score (nSPS) is 16.8. The van der Waals surface area contributed by atoms with Crippen LogP contribution < -0.4 is 15.8 Å². The second-order valence-corrected chi connectivity index (χ2v) is 6.03. The summed E-state index contributed by atoms with van der Waals surface area (Å²) in [5.74, 6) is 0.441. The smallest absolute Gasteiger partial charge is 0.255 e. The van der Waals surface area contributed by atoms with E-state index in [1.807, 2.05) is 25.1 Å². The lowest BCUT2D eigenvalue weighted by Crippen LogP contribution is -2.18. The molecule has 5 nitrogen and oxygen atoms in total. The summed E-state index contributed by atoms with van der Waals surface area (Å²) < 4.78 is 11.5. The van der Waals surface area contributed by atoms with E-state index in [9.17, 15) is 4.79 Å². The predicted octanol–water partition coefficient (Wildman–Crippen LogP) is 3.39. The Kier molecular flexibility index (Phi) is 5.01. The number of nitrogen functional groups attached to an aromatic ring is 1. The SMILES string of the molecule is Cc1ccc(NC(=O)c2cccc(N)c2)c(OCC2CCCO2)c1. The van der Waals surface area contributed by atoms with Gasteiger partial charge in [-0.3, -0.25) is 4.79 Å². The lowest BCUT2D eigenvalue weighted by atomic mass is 10.1. The van der Waals surface area contributed by atoms with Crippen LogP contribution in [0.1, 0.15) is 28.8 Å². The third-order valence-corrected chi connectivity index (χ3v) is 3.98. The highest BCUT2D eigenvalue weighted by Crippen LogP contribution is 2.27. The Balaban J connectivity index is 1.73. The van der Waals surface area contributed by atoms with E-state index in [2.05, 4.69) is 5.32 Å². The second kappa shape index (κ2) is 7.36. The van der Waals surface area contributed by atoms with E-state index in [1.54, 1.807) is 24.3 Å². The molecule has 0 bridgehead atoms. The number of benzene rings is 2. The molecular formula is C19H22N2O3. The number of hydrogen-bond acceptors (Lipinski definition) is 4. The van der Waals surface area contributed by atoms with Gasteiger partial charge in [-0.15, -0.1) is 0 Å². The van der Waals surface area contributed by atoms with Crippen molar-refractivity contribution in [2.45, 2.75) is 25.9 Å². The fourth-order valence-electron chi connectivity index (χ4n) is 2.69. The molecule has 24 heavy (non-hydrogen) atoms. The van der Waals surface area contributed by atoms with Crippen molar-refractivity contribution >= 4 is 17.3 Å². The van der Waals surface area contributed by atoms with Crippen LogP contribution in [0.15, 0.2) is 42.5 Å². The van der Waals surface area contributed by atoms with E-state index in [4.69, 9.17) is 15.2 Å². The molecule has 1 aliphatic rings. The Morgan fingerprint density at radius 2 is 2.21 bits per heavy atom. The predicted molar refractivity (Wildman–Crippen MR) is 94.5 cm³/mol. The summed E-state index contributed by atoms with van der Waals surface area (Å²) in [4.78, 5) is 12.4. The Morgan fingerprint density at radius 1 is 1.33 bits per heavy atom. The molecule has 126 valence electrons. The molecule has 2 aromatic rings. The molecule has 1 atom stereocenters. The quantitative estimate of drug-likeness (QED) is 0.826. The van der Waals surface area contributed by atoms with Gasteiger partial charge < -0.3 is 20.5 Å². The molecule has 0 spiro atoms. The van der Waals surface area contributed by atoms with Crippen LogP contribution in [-0.4, -0.2) is 25.2 Å². The first-order valence-corrected chi connectivity index (χ1v) is 8.14. The summed E-state index contributed by atoms with van der Waals surface area (Å²) in [5, 5.41) is 2.90. The van der Waals surface area contributed by atoms with Gasteiger partial charge in [0.15, 0.2) is 0 Å². The summed E-state index contributed by atoms with van der Waals surface area (Å²) in [6.45, 7) is 3.27. The molecule has 2 aromatic carbocycles. The first-order valence-electron chi connectivity index (χ1n) is 8.14. The van der Waals surface area contributed by atoms with Crippen molar-refractivity contribution in [2.75, 3.05) is 24.3 Å². The largest absolute Gasteiger partial charge is 0.489 e. The number of nitrogens with one attached hydrogen (secondary N) is 1. The molecule has 1 fully saturated rings. The van der Waals surface area contributed by atoms with E-state index >= 15 is 0 Å². The van der Waals surface area contributed by atoms with Crippen LogP contribution in [-0.2, 0) is 4.74 Å². The Bertz CT molecular complexity index is 724. The van der Waals surface area contributed by atoms with Gasteiger partial charge in [0.25, 0.3) is 5.91 Å². The van der Waals surface area contributed by atoms with Crippen molar-refractivity contribution in [3.05, 3.63) is 53.6 Å². The third-order valence-electron chi connectivity index (χ3n) is 3.98. The number of rotatable bonds is 5. The molecule has 1 unspecified atom stereocenters. The highest BCUT2D eigenvalue weighted by Gasteiger charge is 2.17. The highest BCUT2D eigenvalue weighted by atomic mass is 16.5. The van der Waals surface area contributed by atoms with Crippen LogP contribution in [0.3, 0.4) is 0 Å². The minimum atomic E-state index is -0.215. The topological polar surface area (TPSA) is 73.6 Å². The zero-order chi connectivity index (χ0) is 16.9. The number of nitrogens with two attached hydrogens (primary N) is 1. The third kappa shape index (κ3) is 4.06. The summed E-state index contributed by atoms with van der Waals surface area (Å²) in [5.41, 5.74) is 8.52. The van der Waals surface area contributed by atoms with Crippen molar-refractivity contribution in [1.82, 2.24) is 0 Å². The number of aryl methyl sites for hydroxylation is 1. The van der Waals surface area contributed by atoms with Gasteiger partial charge in [-0.05, 0) is 55.7 Å². The zero-order valence-corrected chi connectivity index (χ0v) is 13.7. The van der Waals surface area contributed by atoms with Gasteiger partial charge in [0.1, 0.15) is 12.4 Å². The van der Waals surface area contributed by atoms with Gasteiger partial charge >= 0.3 is 0 Å². The Labute approximate surface area is 141 Å². The van der Waals surface area contributed by atoms with E-state index < -0.39 is 0 Å². The minimum Gasteiger partial charge on any atom is -0.489 e. The molecule has 0 aromatic heterocycles. The minimum absolute atomic E-state index is 0.128. The number of carbonyl (C=O) groups is 1. The highest BCUT2D eigenvalue weighted by molar-refractivity contribution is 6.05. The van der Waals surface area contributed by atoms with Crippen LogP contribution in [0.2, 0.25) is 0 Å². The Hall–Kier alpha value is -2.53. The average Bonchev–Trinajstić information content (AvgIpc) is 3.08. The fourth-order valence-corrected chi connectivity index (χ4v) is 2.69. The first-order chi connectivity index (χ1) is 11.6. The maximum absolute atomic E-state index is 12.4. The maximum atomic E-state index is 12.4. The van der Waals surface area contributed by atoms with E-state index in [0.29, 0.717) is 29.3 Å². The number of anilines is 2. The van der Waals surface area contributed by atoms with E-state index in [0.717, 1.165) is 25.0 Å². The fraction of sp³-hybridized carbons (Fsp3) is 0.316. The molecule has 0 aliphatic carbocycles. The molecule has 1 amide bonds. The maximum Gasteiger partial charge on any atom is 0.255 e. The molecule has 5 heteroatoms. The summed E-state index contributed by atoms with van der Waals surface area (Å²) in [6, 6.07) is 12.6. The van der Waals surface area contributed by atoms with Crippen LogP contribution >= 0.6 is 0 Å². The van der Waals surface area contributed by atoms with Crippen molar-refractivity contribution in [3.8, 4) is 5.75 Å². The summed E-state index contributed by atoms with van der Waals surface area (Å²) in [7, 11) is 0. The zero-order valence-electron chi connectivity index (χ0n) is 13.7. The number of carbonyl (C=O) groups excluding carboxylic acids is 1. The lowest BCUT2D eigenvalue weighted by molar-refractivity contribution is 0.0681.